The maximum Gasteiger partial charge on any atom is 0.189 e. The van der Waals surface area contributed by atoms with Gasteiger partial charge in [-0.25, -0.2) is 9.98 Å². The predicted octanol–water partition coefficient (Wildman–Crippen LogP) is 2.72. The Bertz CT molecular complexity index is 588. The first-order chi connectivity index (χ1) is 11.3. The van der Waals surface area contributed by atoms with E-state index >= 15 is 0 Å². The van der Waals surface area contributed by atoms with Crippen molar-refractivity contribution in [1.82, 2.24) is 14.9 Å². The highest BCUT2D eigenvalue weighted by atomic mass is 15.1. The molecule has 23 heavy (non-hydrogen) atoms. The molecule has 0 bridgehead atoms. The predicted molar refractivity (Wildman–Crippen MR) is 95.2 cm³/mol. The summed E-state index contributed by atoms with van der Waals surface area (Å²) in [5.74, 6) is 1.45. The van der Waals surface area contributed by atoms with E-state index in [1.165, 1.54) is 5.56 Å². The van der Waals surface area contributed by atoms with Crippen molar-refractivity contribution in [3.63, 3.8) is 0 Å². The van der Waals surface area contributed by atoms with E-state index in [0.717, 1.165) is 44.6 Å². The first-order valence-corrected chi connectivity index (χ1v) is 8.37. The van der Waals surface area contributed by atoms with Crippen LogP contribution in [-0.4, -0.2) is 22.1 Å². The molecule has 0 radical (unpaired) electrons. The number of imidazole rings is 1. The van der Waals surface area contributed by atoms with Crippen molar-refractivity contribution in [3.05, 3.63) is 54.1 Å². The number of unbranched alkanes of at least 4 members (excludes halogenated alkanes) is 1. The third-order valence-electron chi connectivity index (χ3n) is 3.74. The number of aryl methyl sites for hydroxylation is 2. The highest BCUT2D eigenvalue weighted by Crippen LogP contribution is 2.06. The lowest BCUT2D eigenvalue weighted by molar-refractivity contribution is 0.611. The summed E-state index contributed by atoms with van der Waals surface area (Å²) in [4.78, 5) is 8.75. The zero-order valence-electron chi connectivity index (χ0n) is 13.9. The van der Waals surface area contributed by atoms with Crippen molar-refractivity contribution >= 4 is 5.96 Å². The monoisotopic (exact) mass is 313 g/mol. The molecule has 0 saturated heterocycles. The Hall–Kier alpha value is -2.30. The van der Waals surface area contributed by atoms with E-state index in [4.69, 9.17) is 5.73 Å². The molecule has 0 saturated carbocycles. The van der Waals surface area contributed by atoms with Gasteiger partial charge in [0.1, 0.15) is 12.4 Å². The van der Waals surface area contributed by atoms with Crippen molar-refractivity contribution in [2.24, 2.45) is 10.7 Å². The quantitative estimate of drug-likeness (QED) is 0.425. The van der Waals surface area contributed by atoms with Gasteiger partial charge in [-0.15, -0.1) is 0 Å². The average Bonchev–Trinajstić information content (AvgIpc) is 3.02. The molecule has 1 aromatic heterocycles. The lowest BCUT2D eigenvalue weighted by Gasteiger charge is -2.08. The Labute approximate surface area is 138 Å². The maximum absolute atomic E-state index is 5.86. The highest BCUT2D eigenvalue weighted by molar-refractivity contribution is 5.77. The van der Waals surface area contributed by atoms with Gasteiger partial charge in [-0.1, -0.05) is 43.7 Å². The average molecular weight is 313 g/mol. The minimum atomic E-state index is 0.497. The summed E-state index contributed by atoms with van der Waals surface area (Å²) >= 11 is 0. The standard InChI is InChI=1S/C18H27N5/c1-2-3-11-21-18(19)22-15-17-20-12-14-23(17)13-7-10-16-8-5-4-6-9-16/h4-6,8-9,12,14H,2-3,7,10-11,13,15H2,1H3,(H3,19,21,22). The first kappa shape index (κ1) is 17.1. The van der Waals surface area contributed by atoms with Gasteiger partial charge < -0.3 is 15.6 Å². The fraction of sp³-hybridized carbons (Fsp3) is 0.444. The van der Waals surface area contributed by atoms with Crippen molar-refractivity contribution in [1.29, 1.82) is 0 Å². The second kappa shape index (κ2) is 9.66. The fourth-order valence-electron chi connectivity index (χ4n) is 2.40. The number of nitrogens with two attached hydrogens (primary N) is 1. The molecule has 0 atom stereocenters. The Morgan fingerprint density at radius 2 is 2.09 bits per heavy atom. The van der Waals surface area contributed by atoms with Crippen LogP contribution in [0, 0.1) is 0 Å². The molecule has 0 spiro atoms. The smallest absolute Gasteiger partial charge is 0.189 e. The molecule has 1 aromatic carbocycles. The van der Waals surface area contributed by atoms with Crippen LogP contribution in [0.15, 0.2) is 47.7 Å². The molecule has 0 aliphatic carbocycles. The first-order valence-electron chi connectivity index (χ1n) is 8.37. The minimum absolute atomic E-state index is 0.497. The molecule has 1 heterocycles. The molecule has 2 aromatic rings. The van der Waals surface area contributed by atoms with Crippen LogP contribution >= 0.6 is 0 Å². The highest BCUT2D eigenvalue weighted by Gasteiger charge is 2.02. The van der Waals surface area contributed by atoms with E-state index in [-0.39, 0.29) is 0 Å². The number of rotatable bonds is 9. The molecule has 0 aliphatic rings. The largest absolute Gasteiger partial charge is 0.370 e. The third-order valence-corrected chi connectivity index (χ3v) is 3.74. The molecule has 3 N–H and O–H groups in total. The van der Waals surface area contributed by atoms with Gasteiger partial charge in [-0.3, -0.25) is 0 Å². The van der Waals surface area contributed by atoms with Crippen LogP contribution < -0.4 is 11.1 Å². The summed E-state index contributed by atoms with van der Waals surface area (Å²) in [5, 5.41) is 3.12. The van der Waals surface area contributed by atoms with Crippen LogP contribution in [0.1, 0.15) is 37.6 Å². The zero-order chi connectivity index (χ0) is 16.3. The molecule has 5 nitrogen and oxygen atoms in total. The summed E-state index contributed by atoms with van der Waals surface area (Å²) in [6.07, 6.45) is 8.24. The molecule has 2 rings (SSSR count). The van der Waals surface area contributed by atoms with Crippen LogP contribution in [-0.2, 0) is 19.5 Å². The number of hydrogen-bond acceptors (Lipinski definition) is 2. The molecule has 0 fully saturated rings. The van der Waals surface area contributed by atoms with Crippen LogP contribution in [0.2, 0.25) is 0 Å². The minimum Gasteiger partial charge on any atom is -0.370 e. The van der Waals surface area contributed by atoms with E-state index in [0.29, 0.717) is 12.5 Å². The number of aromatic nitrogens is 2. The van der Waals surface area contributed by atoms with Crippen molar-refractivity contribution in [3.8, 4) is 0 Å². The molecule has 0 amide bonds. The second-order valence-corrected chi connectivity index (χ2v) is 5.61. The third kappa shape index (κ3) is 6.14. The number of hydrogen-bond donors (Lipinski definition) is 2. The lowest BCUT2D eigenvalue weighted by atomic mass is 10.1. The molecule has 0 aliphatic heterocycles. The van der Waals surface area contributed by atoms with Gasteiger partial charge >= 0.3 is 0 Å². The van der Waals surface area contributed by atoms with Crippen LogP contribution in [0.4, 0.5) is 0 Å². The molecular weight excluding hydrogens is 286 g/mol. The topological polar surface area (TPSA) is 68.2 Å². The van der Waals surface area contributed by atoms with Crippen molar-refractivity contribution < 1.29 is 0 Å². The van der Waals surface area contributed by atoms with E-state index in [9.17, 15) is 0 Å². The van der Waals surface area contributed by atoms with Crippen molar-refractivity contribution in [2.45, 2.75) is 45.7 Å². The normalized spacial score (nSPS) is 11.6. The lowest BCUT2D eigenvalue weighted by Crippen LogP contribution is -2.32. The summed E-state index contributed by atoms with van der Waals surface area (Å²) in [7, 11) is 0. The van der Waals surface area contributed by atoms with Crippen LogP contribution in [0.25, 0.3) is 0 Å². The van der Waals surface area contributed by atoms with Gasteiger partial charge in [0, 0.05) is 25.5 Å². The summed E-state index contributed by atoms with van der Waals surface area (Å²) in [6, 6.07) is 10.6. The SMILES string of the molecule is CCCCNC(N)=NCc1nccn1CCCc1ccccc1. The molecule has 5 heteroatoms. The Balaban J connectivity index is 1.78. The van der Waals surface area contributed by atoms with Gasteiger partial charge in [0.15, 0.2) is 5.96 Å². The van der Waals surface area contributed by atoms with E-state index < -0.39 is 0 Å². The summed E-state index contributed by atoms with van der Waals surface area (Å²) in [6.45, 7) is 4.49. The summed E-state index contributed by atoms with van der Waals surface area (Å²) in [5.41, 5.74) is 7.23. The molecule has 0 unspecified atom stereocenters. The number of aliphatic imine (C=N–C) groups is 1. The van der Waals surface area contributed by atoms with E-state index in [2.05, 4.69) is 57.1 Å². The molecule has 124 valence electrons. The Morgan fingerprint density at radius 1 is 1.26 bits per heavy atom. The second-order valence-electron chi connectivity index (χ2n) is 5.61. The van der Waals surface area contributed by atoms with Crippen LogP contribution in [0.3, 0.4) is 0 Å². The number of benzene rings is 1. The number of nitrogens with zero attached hydrogens (tertiary/aromatic N) is 3. The van der Waals surface area contributed by atoms with Gasteiger partial charge in [-0.05, 0) is 24.8 Å². The van der Waals surface area contributed by atoms with Gasteiger partial charge in [0.05, 0.1) is 0 Å². The summed E-state index contributed by atoms with van der Waals surface area (Å²) < 4.78 is 2.16. The van der Waals surface area contributed by atoms with Gasteiger partial charge in [-0.2, -0.15) is 0 Å². The fourth-order valence-corrected chi connectivity index (χ4v) is 2.40. The zero-order valence-corrected chi connectivity index (χ0v) is 13.9. The van der Waals surface area contributed by atoms with Gasteiger partial charge in [0.2, 0.25) is 0 Å². The van der Waals surface area contributed by atoms with Gasteiger partial charge in [0.25, 0.3) is 0 Å². The van der Waals surface area contributed by atoms with E-state index in [1.807, 2.05) is 12.4 Å². The Kier molecular flexibility index (Phi) is 7.17. The Morgan fingerprint density at radius 3 is 2.87 bits per heavy atom. The van der Waals surface area contributed by atoms with Crippen molar-refractivity contribution in [2.75, 3.05) is 6.54 Å². The number of nitrogens with one attached hydrogen (secondary N) is 1. The maximum atomic E-state index is 5.86. The molecular formula is C18H27N5. The number of guanidine groups is 1. The van der Waals surface area contributed by atoms with Crippen LogP contribution in [0.5, 0.6) is 0 Å². The van der Waals surface area contributed by atoms with E-state index in [1.54, 1.807) is 0 Å².